The van der Waals surface area contributed by atoms with Gasteiger partial charge in [0.15, 0.2) is 0 Å². The number of anilines is 2. The summed E-state index contributed by atoms with van der Waals surface area (Å²) in [5.41, 5.74) is 1.82. The van der Waals surface area contributed by atoms with Gasteiger partial charge in [-0.25, -0.2) is 0 Å². The largest absolute Gasteiger partial charge is 0.382 e. The van der Waals surface area contributed by atoms with Crippen LogP contribution in [0.3, 0.4) is 0 Å². The van der Waals surface area contributed by atoms with Gasteiger partial charge in [-0.2, -0.15) is 0 Å². The molecule has 2 N–H and O–H groups in total. The average molecular weight is 272 g/mol. The Kier molecular flexibility index (Phi) is 4.75. The molecule has 19 heavy (non-hydrogen) atoms. The van der Waals surface area contributed by atoms with E-state index >= 15 is 0 Å². The first-order valence-electron chi connectivity index (χ1n) is 6.05. The zero-order valence-electron chi connectivity index (χ0n) is 10.6. The van der Waals surface area contributed by atoms with Gasteiger partial charge in [-0.3, -0.25) is 4.79 Å². The van der Waals surface area contributed by atoms with E-state index in [1.54, 1.807) is 17.4 Å². The second-order valence-electron chi connectivity index (χ2n) is 4.05. The number of thiophene rings is 1. The van der Waals surface area contributed by atoms with Gasteiger partial charge in [-0.15, -0.1) is 17.9 Å². The van der Waals surface area contributed by atoms with E-state index in [2.05, 4.69) is 17.2 Å². The minimum absolute atomic E-state index is 0.00857. The molecule has 0 unspecified atom stereocenters. The standard InChI is InChI=1S/C15H16N2OS/c1-2-9-16-12-5-7-13(8-6-12)17-15(18)11-14-4-3-10-19-14/h2-8,10,16H,1,9,11H2,(H,17,18). The molecule has 3 nitrogen and oxygen atoms in total. The van der Waals surface area contributed by atoms with Crippen LogP contribution in [-0.2, 0) is 11.2 Å². The van der Waals surface area contributed by atoms with Gasteiger partial charge in [0.05, 0.1) is 6.42 Å². The van der Waals surface area contributed by atoms with Crippen molar-refractivity contribution in [2.75, 3.05) is 17.2 Å². The minimum atomic E-state index is 0.00857. The number of hydrogen-bond donors (Lipinski definition) is 2. The molecule has 1 amide bonds. The summed E-state index contributed by atoms with van der Waals surface area (Å²) >= 11 is 1.59. The Morgan fingerprint density at radius 3 is 2.58 bits per heavy atom. The fourth-order valence-corrected chi connectivity index (χ4v) is 2.34. The van der Waals surface area contributed by atoms with Gasteiger partial charge in [0, 0.05) is 22.8 Å². The maximum atomic E-state index is 11.8. The second-order valence-corrected chi connectivity index (χ2v) is 5.08. The molecule has 0 spiro atoms. The summed E-state index contributed by atoms with van der Waals surface area (Å²) in [5.74, 6) is 0.00857. The summed E-state index contributed by atoms with van der Waals surface area (Å²) in [4.78, 5) is 12.9. The number of amides is 1. The van der Waals surface area contributed by atoms with Crippen LogP contribution in [0.2, 0.25) is 0 Å². The molecular weight excluding hydrogens is 256 g/mol. The molecule has 0 radical (unpaired) electrons. The lowest BCUT2D eigenvalue weighted by atomic mass is 10.2. The summed E-state index contributed by atoms with van der Waals surface area (Å²) in [6, 6.07) is 11.6. The molecule has 1 aromatic carbocycles. The molecule has 0 fully saturated rings. The van der Waals surface area contributed by atoms with Crippen LogP contribution in [0.25, 0.3) is 0 Å². The molecule has 4 heteroatoms. The lowest BCUT2D eigenvalue weighted by molar-refractivity contribution is -0.115. The highest BCUT2D eigenvalue weighted by molar-refractivity contribution is 7.10. The third kappa shape index (κ3) is 4.26. The van der Waals surface area contributed by atoms with Gasteiger partial charge in [0.25, 0.3) is 0 Å². The summed E-state index contributed by atoms with van der Waals surface area (Å²) in [6.45, 7) is 4.38. The quantitative estimate of drug-likeness (QED) is 0.790. The molecule has 0 atom stereocenters. The normalized spacial score (nSPS) is 9.89. The van der Waals surface area contributed by atoms with Crippen molar-refractivity contribution in [1.29, 1.82) is 0 Å². The molecule has 0 aliphatic heterocycles. The summed E-state index contributed by atoms with van der Waals surface area (Å²) in [6.07, 6.45) is 2.23. The Bertz CT molecular complexity index is 532. The maximum Gasteiger partial charge on any atom is 0.229 e. The van der Waals surface area contributed by atoms with Crippen LogP contribution in [-0.4, -0.2) is 12.5 Å². The molecule has 98 valence electrons. The minimum Gasteiger partial charge on any atom is -0.382 e. The van der Waals surface area contributed by atoms with Crippen molar-refractivity contribution >= 4 is 28.6 Å². The van der Waals surface area contributed by atoms with Gasteiger partial charge < -0.3 is 10.6 Å². The molecule has 0 saturated carbocycles. The van der Waals surface area contributed by atoms with E-state index in [1.807, 2.05) is 41.8 Å². The van der Waals surface area contributed by atoms with Gasteiger partial charge in [0.2, 0.25) is 5.91 Å². The van der Waals surface area contributed by atoms with Gasteiger partial charge in [-0.05, 0) is 35.7 Å². The lowest BCUT2D eigenvalue weighted by Gasteiger charge is -2.07. The number of hydrogen-bond acceptors (Lipinski definition) is 3. The van der Waals surface area contributed by atoms with Gasteiger partial charge >= 0.3 is 0 Å². The van der Waals surface area contributed by atoms with E-state index in [0.29, 0.717) is 6.42 Å². The predicted molar refractivity (Wildman–Crippen MR) is 81.8 cm³/mol. The topological polar surface area (TPSA) is 41.1 Å². The molecule has 2 aromatic rings. The Balaban J connectivity index is 1.88. The summed E-state index contributed by atoms with van der Waals surface area (Å²) in [5, 5.41) is 8.04. The molecule has 1 aromatic heterocycles. The van der Waals surface area contributed by atoms with E-state index in [9.17, 15) is 4.79 Å². The monoisotopic (exact) mass is 272 g/mol. The number of rotatable bonds is 6. The third-order valence-corrected chi connectivity index (χ3v) is 3.41. The predicted octanol–water partition coefficient (Wildman–Crippen LogP) is 3.53. The highest BCUT2D eigenvalue weighted by Crippen LogP contribution is 2.15. The van der Waals surface area contributed by atoms with Crippen molar-refractivity contribution in [1.82, 2.24) is 0 Å². The Morgan fingerprint density at radius 1 is 1.21 bits per heavy atom. The van der Waals surface area contributed by atoms with Crippen LogP contribution in [0, 0.1) is 0 Å². The second kappa shape index (κ2) is 6.75. The van der Waals surface area contributed by atoms with Gasteiger partial charge in [-0.1, -0.05) is 12.1 Å². The van der Waals surface area contributed by atoms with Crippen LogP contribution in [0.15, 0.2) is 54.4 Å². The molecule has 2 rings (SSSR count). The highest BCUT2D eigenvalue weighted by atomic mass is 32.1. The number of carbonyl (C=O) groups excluding carboxylic acids is 1. The van der Waals surface area contributed by atoms with Crippen molar-refractivity contribution in [3.8, 4) is 0 Å². The SMILES string of the molecule is C=CCNc1ccc(NC(=O)Cc2cccs2)cc1. The van der Waals surface area contributed by atoms with Crippen molar-refractivity contribution < 1.29 is 4.79 Å². The van der Waals surface area contributed by atoms with E-state index in [4.69, 9.17) is 0 Å². The molecular formula is C15H16N2OS. The van der Waals surface area contributed by atoms with Crippen LogP contribution in [0.5, 0.6) is 0 Å². The number of benzene rings is 1. The Morgan fingerprint density at radius 2 is 1.95 bits per heavy atom. The van der Waals surface area contributed by atoms with Crippen molar-refractivity contribution in [2.24, 2.45) is 0 Å². The van der Waals surface area contributed by atoms with Crippen LogP contribution in [0.4, 0.5) is 11.4 Å². The fourth-order valence-electron chi connectivity index (χ4n) is 1.64. The van der Waals surface area contributed by atoms with Crippen molar-refractivity contribution in [3.05, 3.63) is 59.3 Å². The summed E-state index contributed by atoms with van der Waals surface area (Å²) in [7, 11) is 0. The highest BCUT2D eigenvalue weighted by Gasteiger charge is 2.04. The first-order chi connectivity index (χ1) is 9.28. The molecule has 1 heterocycles. The van der Waals surface area contributed by atoms with Crippen LogP contribution >= 0.6 is 11.3 Å². The molecule has 0 aliphatic carbocycles. The maximum absolute atomic E-state index is 11.8. The molecule has 0 saturated heterocycles. The Labute approximate surface area is 117 Å². The summed E-state index contributed by atoms with van der Waals surface area (Å²) < 4.78 is 0. The fraction of sp³-hybridized carbons (Fsp3) is 0.133. The first kappa shape index (κ1) is 13.4. The Hall–Kier alpha value is -2.07. The van der Waals surface area contributed by atoms with E-state index < -0.39 is 0 Å². The number of nitrogens with one attached hydrogen (secondary N) is 2. The van der Waals surface area contributed by atoms with Crippen molar-refractivity contribution in [2.45, 2.75) is 6.42 Å². The zero-order chi connectivity index (χ0) is 13.5. The third-order valence-electron chi connectivity index (χ3n) is 2.53. The van der Waals surface area contributed by atoms with E-state index in [1.165, 1.54) is 0 Å². The van der Waals surface area contributed by atoms with E-state index in [0.717, 1.165) is 22.8 Å². The number of carbonyl (C=O) groups is 1. The average Bonchev–Trinajstić information content (AvgIpc) is 2.90. The van der Waals surface area contributed by atoms with Gasteiger partial charge in [0.1, 0.15) is 0 Å². The smallest absolute Gasteiger partial charge is 0.229 e. The molecule has 0 bridgehead atoms. The van der Waals surface area contributed by atoms with E-state index in [-0.39, 0.29) is 5.91 Å². The lowest BCUT2D eigenvalue weighted by Crippen LogP contribution is -2.13. The molecule has 0 aliphatic rings. The van der Waals surface area contributed by atoms with Crippen LogP contribution < -0.4 is 10.6 Å². The van der Waals surface area contributed by atoms with Crippen molar-refractivity contribution in [3.63, 3.8) is 0 Å². The first-order valence-corrected chi connectivity index (χ1v) is 6.93. The van der Waals surface area contributed by atoms with Crippen LogP contribution in [0.1, 0.15) is 4.88 Å². The zero-order valence-corrected chi connectivity index (χ0v) is 11.4.